The Bertz CT molecular complexity index is 660. The van der Waals surface area contributed by atoms with Crippen LogP contribution in [0.3, 0.4) is 0 Å². The average Bonchev–Trinajstić information content (AvgIpc) is 2.76. The van der Waals surface area contributed by atoms with E-state index in [9.17, 15) is 14.7 Å². The highest BCUT2D eigenvalue weighted by Crippen LogP contribution is 2.21. The second-order valence-corrected chi connectivity index (χ2v) is 5.70. The Morgan fingerprint density at radius 1 is 1.24 bits per heavy atom. The number of likely N-dealkylation sites (N-methyl/N-ethyl adjacent to an activating group) is 1. The van der Waals surface area contributed by atoms with Crippen molar-refractivity contribution in [2.24, 2.45) is 0 Å². The van der Waals surface area contributed by atoms with E-state index in [1.54, 1.807) is 12.1 Å². The van der Waals surface area contributed by atoms with Gasteiger partial charge in [0.15, 0.2) is 5.13 Å². The number of nitrogens with one attached hydrogen (secondary N) is 1. The SMILES string of the molecule is Cc1nc(NC(=O)C(=O)N(C)c2ccc(O)cc2)sc1C. The van der Waals surface area contributed by atoms with Crippen molar-refractivity contribution in [3.63, 3.8) is 0 Å². The largest absolute Gasteiger partial charge is 0.508 e. The van der Waals surface area contributed by atoms with E-state index in [1.165, 1.54) is 35.4 Å². The number of phenols is 1. The van der Waals surface area contributed by atoms with Crippen LogP contribution < -0.4 is 10.2 Å². The van der Waals surface area contributed by atoms with Gasteiger partial charge in [-0.3, -0.25) is 14.9 Å². The maximum atomic E-state index is 12.1. The molecule has 2 N–H and O–H groups in total. The Morgan fingerprint density at radius 3 is 2.38 bits per heavy atom. The van der Waals surface area contributed by atoms with Gasteiger partial charge in [0, 0.05) is 17.6 Å². The van der Waals surface area contributed by atoms with Gasteiger partial charge in [0.05, 0.1) is 5.69 Å². The molecule has 1 heterocycles. The molecule has 110 valence electrons. The van der Waals surface area contributed by atoms with Crippen LogP contribution in [0, 0.1) is 13.8 Å². The lowest BCUT2D eigenvalue weighted by atomic mass is 10.3. The lowest BCUT2D eigenvalue weighted by molar-refractivity contribution is -0.134. The predicted octanol–water partition coefficient (Wildman–Crippen LogP) is 2.07. The molecule has 0 bridgehead atoms. The third-order valence-electron chi connectivity index (χ3n) is 2.98. The van der Waals surface area contributed by atoms with Crippen molar-refractivity contribution in [3.05, 3.63) is 34.8 Å². The molecule has 6 nitrogen and oxygen atoms in total. The number of hydrogen-bond acceptors (Lipinski definition) is 5. The first-order valence-electron chi connectivity index (χ1n) is 6.20. The molecule has 2 amide bonds. The van der Waals surface area contributed by atoms with E-state index in [-0.39, 0.29) is 5.75 Å². The molecule has 0 atom stereocenters. The summed E-state index contributed by atoms with van der Waals surface area (Å²) in [5.74, 6) is -1.36. The normalized spacial score (nSPS) is 10.2. The first-order valence-corrected chi connectivity index (χ1v) is 7.02. The van der Waals surface area contributed by atoms with Gasteiger partial charge >= 0.3 is 11.8 Å². The lowest BCUT2D eigenvalue weighted by Crippen LogP contribution is -2.37. The topological polar surface area (TPSA) is 82.5 Å². The molecule has 1 aromatic heterocycles. The summed E-state index contributed by atoms with van der Waals surface area (Å²) in [6, 6.07) is 6.01. The number of aryl methyl sites for hydroxylation is 2. The highest BCUT2D eigenvalue weighted by Gasteiger charge is 2.21. The van der Waals surface area contributed by atoms with E-state index >= 15 is 0 Å². The number of rotatable bonds is 2. The summed E-state index contributed by atoms with van der Waals surface area (Å²) in [6.45, 7) is 3.74. The molecule has 0 spiro atoms. The number of amides is 2. The van der Waals surface area contributed by atoms with E-state index in [4.69, 9.17) is 0 Å². The van der Waals surface area contributed by atoms with Gasteiger partial charge < -0.3 is 10.0 Å². The third-order valence-corrected chi connectivity index (χ3v) is 3.97. The van der Waals surface area contributed by atoms with Crippen LogP contribution in [0.15, 0.2) is 24.3 Å². The lowest BCUT2D eigenvalue weighted by Gasteiger charge is -2.16. The molecular formula is C14H15N3O3S. The fourth-order valence-corrected chi connectivity index (χ4v) is 2.43. The number of phenolic OH excluding ortho intramolecular Hbond substituents is 1. The fraction of sp³-hybridized carbons (Fsp3) is 0.214. The summed E-state index contributed by atoms with van der Waals surface area (Å²) in [5.41, 5.74) is 1.34. The van der Waals surface area contributed by atoms with Gasteiger partial charge in [-0.25, -0.2) is 4.98 Å². The van der Waals surface area contributed by atoms with Crippen LogP contribution in [0.1, 0.15) is 10.6 Å². The van der Waals surface area contributed by atoms with Crippen molar-refractivity contribution < 1.29 is 14.7 Å². The van der Waals surface area contributed by atoms with Crippen molar-refractivity contribution in [2.45, 2.75) is 13.8 Å². The number of aromatic nitrogens is 1. The Kier molecular flexibility index (Phi) is 4.23. The molecule has 2 aromatic rings. The number of carbonyl (C=O) groups is 2. The van der Waals surface area contributed by atoms with Gasteiger partial charge in [-0.15, -0.1) is 11.3 Å². The van der Waals surface area contributed by atoms with Crippen LogP contribution >= 0.6 is 11.3 Å². The van der Waals surface area contributed by atoms with Crippen LogP contribution in [0.4, 0.5) is 10.8 Å². The van der Waals surface area contributed by atoms with Crippen LogP contribution in [0.2, 0.25) is 0 Å². The minimum absolute atomic E-state index is 0.0952. The van der Waals surface area contributed by atoms with Crippen LogP contribution in [-0.4, -0.2) is 29.0 Å². The molecule has 21 heavy (non-hydrogen) atoms. The molecule has 1 aromatic carbocycles. The summed E-state index contributed by atoms with van der Waals surface area (Å²) in [4.78, 5) is 30.3. The van der Waals surface area contributed by atoms with Crippen molar-refractivity contribution in [1.29, 1.82) is 0 Å². The summed E-state index contributed by atoms with van der Waals surface area (Å²) in [7, 11) is 1.49. The number of anilines is 2. The molecule has 0 aliphatic rings. The zero-order chi connectivity index (χ0) is 15.6. The monoisotopic (exact) mass is 305 g/mol. The van der Waals surface area contributed by atoms with Gasteiger partial charge in [0.25, 0.3) is 0 Å². The number of nitrogens with zero attached hydrogens (tertiary/aromatic N) is 2. The number of hydrogen-bond donors (Lipinski definition) is 2. The minimum Gasteiger partial charge on any atom is -0.508 e. The van der Waals surface area contributed by atoms with Crippen LogP contribution in [0.25, 0.3) is 0 Å². The first kappa shape index (κ1) is 15.0. The number of aromatic hydroxyl groups is 1. The Hall–Kier alpha value is -2.41. The van der Waals surface area contributed by atoms with Gasteiger partial charge in [-0.2, -0.15) is 0 Å². The summed E-state index contributed by atoms with van der Waals surface area (Å²) >= 11 is 1.32. The second-order valence-electron chi connectivity index (χ2n) is 4.50. The second kappa shape index (κ2) is 5.92. The standard InChI is InChI=1S/C14H15N3O3S/c1-8-9(2)21-14(15-8)16-12(19)13(20)17(3)10-4-6-11(18)7-5-10/h4-7,18H,1-3H3,(H,15,16,19). The molecule has 0 aliphatic heterocycles. The van der Waals surface area contributed by atoms with E-state index in [0.29, 0.717) is 10.8 Å². The van der Waals surface area contributed by atoms with Crippen LogP contribution in [0.5, 0.6) is 5.75 Å². The quantitative estimate of drug-likeness (QED) is 0.832. The molecule has 0 aliphatic carbocycles. The Balaban J connectivity index is 2.08. The van der Waals surface area contributed by atoms with Crippen molar-refractivity contribution in [1.82, 2.24) is 4.98 Å². The fourth-order valence-electron chi connectivity index (χ4n) is 1.62. The molecule has 7 heteroatoms. The van der Waals surface area contributed by atoms with Gasteiger partial charge in [0.1, 0.15) is 5.75 Å². The molecule has 0 saturated heterocycles. The Labute approximate surface area is 126 Å². The van der Waals surface area contributed by atoms with E-state index in [1.807, 2.05) is 13.8 Å². The highest BCUT2D eigenvalue weighted by atomic mass is 32.1. The predicted molar refractivity (Wildman–Crippen MR) is 81.7 cm³/mol. The molecular weight excluding hydrogens is 290 g/mol. The molecule has 0 saturated carbocycles. The van der Waals surface area contributed by atoms with Crippen molar-refractivity contribution >= 4 is 34.0 Å². The van der Waals surface area contributed by atoms with Gasteiger partial charge in [0.2, 0.25) is 0 Å². The minimum atomic E-state index is -0.751. The molecule has 2 rings (SSSR count). The van der Waals surface area contributed by atoms with Crippen molar-refractivity contribution in [2.75, 3.05) is 17.3 Å². The smallest absolute Gasteiger partial charge is 0.316 e. The van der Waals surface area contributed by atoms with Crippen molar-refractivity contribution in [3.8, 4) is 5.75 Å². The van der Waals surface area contributed by atoms with Gasteiger partial charge in [-0.1, -0.05) is 0 Å². The van der Waals surface area contributed by atoms with E-state index in [0.717, 1.165) is 10.6 Å². The van der Waals surface area contributed by atoms with E-state index in [2.05, 4.69) is 10.3 Å². The molecule has 0 unspecified atom stereocenters. The number of carbonyl (C=O) groups excluding carboxylic acids is 2. The zero-order valence-corrected chi connectivity index (χ0v) is 12.7. The van der Waals surface area contributed by atoms with Gasteiger partial charge in [-0.05, 0) is 38.1 Å². The first-order chi connectivity index (χ1) is 9.88. The summed E-state index contributed by atoms with van der Waals surface area (Å²) < 4.78 is 0. The molecule has 0 radical (unpaired) electrons. The summed E-state index contributed by atoms with van der Waals surface area (Å²) in [5, 5.41) is 12.1. The number of thiazole rings is 1. The van der Waals surface area contributed by atoms with E-state index < -0.39 is 11.8 Å². The maximum absolute atomic E-state index is 12.1. The molecule has 0 fully saturated rings. The highest BCUT2D eigenvalue weighted by molar-refractivity contribution is 7.15. The van der Waals surface area contributed by atoms with Crippen LogP contribution in [-0.2, 0) is 9.59 Å². The zero-order valence-electron chi connectivity index (χ0n) is 11.9. The Morgan fingerprint density at radius 2 is 1.86 bits per heavy atom. The number of benzene rings is 1. The summed E-state index contributed by atoms with van der Waals surface area (Å²) in [6.07, 6.45) is 0. The average molecular weight is 305 g/mol. The third kappa shape index (κ3) is 3.38. The maximum Gasteiger partial charge on any atom is 0.316 e.